The van der Waals surface area contributed by atoms with E-state index in [1.807, 2.05) is 66.7 Å². The topological polar surface area (TPSA) is 106 Å². The van der Waals surface area contributed by atoms with Crippen LogP contribution in [0.5, 0.6) is 0 Å². The summed E-state index contributed by atoms with van der Waals surface area (Å²) in [7, 11) is 0. The third kappa shape index (κ3) is 7.19. The van der Waals surface area contributed by atoms with Gasteiger partial charge in [0.2, 0.25) is 0 Å². The Morgan fingerprint density at radius 2 is 0.709 bits per heavy atom. The summed E-state index contributed by atoms with van der Waals surface area (Å²) < 4.78 is 9.41. The van der Waals surface area contributed by atoms with Crippen LogP contribution in [0.1, 0.15) is 11.1 Å². The molecule has 0 fully saturated rings. The molecule has 86 heavy (non-hydrogen) atoms. The Morgan fingerprint density at radius 1 is 0.279 bits per heavy atom. The van der Waals surface area contributed by atoms with Crippen molar-refractivity contribution in [2.75, 3.05) is 0 Å². The fraction of sp³-hybridized carbons (Fsp3) is 0. The van der Waals surface area contributed by atoms with Crippen molar-refractivity contribution in [1.82, 2.24) is 33.2 Å². The van der Waals surface area contributed by atoms with Gasteiger partial charge < -0.3 is 18.3 Å². The first kappa shape index (κ1) is 48.5. The quantitative estimate of drug-likeness (QED) is 0.151. The Hall–Kier alpha value is -12.2. The molecule has 0 bridgehead atoms. The van der Waals surface area contributed by atoms with E-state index >= 15 is 0 Å². The molecule has 9 heteroatoms. The number of benzene rings is 12. The first-order chi connectivity index (χ1) is 42.6. The molecule has 5 aromatic heterocycles. The zero-order valence-corrected chi connectivity index (χ0v) is 46.0. The predicted molar refractivity (Wildman–Crippen MR) is 348 cm³/mol. The summed E-state index contributed by atoms with van der Waals surface area (Å²) in [5.41, 5.74) is 16.8. The lowest BCUT2D eigenvalue weighted by molar-refractivity contribution is 1.06. The van der Waals surface area contributed by atoms with Gasteiger partial charge in [0.15, 0.2) is 17.5 Å². The van der Waals surface area contributed by atoms with Crippen molar-refractivity contribution in [2.24, 2.45) is 0 Å². The van der Waals surface area contributed by atoms with Crippen LogP contribution in [-0.2, 0) is 0 Å². The average molecular weight is 1100 g/mol. The molecule has 0 aliphatic heterocycles. The van der Waals surface area contributed by atoms with Crippen LogP contribution in [0.15, 0.2) is 273 Å². The largest absolute Gasteiger partial charge is 0.309 e. The van der Waals surface area contributed by atoms with Gasteiger partial charge in [-0.25, -0.2) is 15.0 Å². The summed E-state index contributed by atoms with van der Waals surface area (Å²) in [5.74, 6) is 1.19. The Labute approximate surface area is 492 Å². The van der Waals surface area contributed by atoms with E-state index in [1.54, 1.807) is 0 Å². The Balaban J connectivity index is 0.979. The molecule has 0 aliphatic rings. The van der Waals surface area contributed by atoms with Gasteiger partial charge in [0.05, 0.1) is 89.9 Å². The second-order valence-corrected chi connectivity index (χ2v) is 21.7. The molecule has 0 amide bonds. The predicted octanol–water partition coefficient (Wildman–Crippen LogP) is 18.7. The maximum Gasteiger partial charge on any atom is 0.167 e. The molecule has 0 unspecified atom stereocenters. The number of aromatic nitrogens is 7. The van der Waals surface area contributed by atoms with E-state index in [1.165, 1.54) is 5.39 Å². The Morgan fingerprint density at radius 3 is 1.22 bits per heavy atom. The van der Waals surface area contributed by atoms with Gasteiger partial charge >= 0.3 is 0 Å². The van der Waals surface area contributed by atoms with Crippen LogP contribution >= 0.6 is 0 Å². The van der Waals surface area contributed by atoms with Crippen molar-refractivity contribution in [3.8, 4) is 80.2 Å². The molecular weight excluding hydrogens is 1050 g/mol. The van der Waals surface area contributed by atoms with E-state index in [0.717, 1.165) is 127 Å². The highest BCUT2D eigenvalue weighted by atomic mass is 15.1. The van der Waals surface area contributed by atoms with Gasteiger partial charge in [-0.2, -0.15) is 10.5 Å². The molecule has 398 valence electrons. The van der Waals surface area contributed by atoms with Crippen molar-refractivity contribution < 1.29 is 0 Å². The van der Waals surface area contributed by atoms with Gasteiger partial charge in [0.1, 0.15) is 0 Å². The highest BCUT2D eigenvalue weighted by molar-refractivity contribution is 6.28. The number of para-hydroxylation sites is 6. The van der Waals surface area contributed by atoms with E-state index < -0.39 is 0 Å². The summed E-state index contributed by atoms with van der Waals surface area (Å²) in [5, 5.41) is 30.5. The number of nitriles is 2. The van der Waals surface area contributed by atoms with Gasteiger partial charge in [-0.05, 0) is 102 Å². The molecule has 9 nitrogen and oxygen atoms in total. The van der Waals surface area contributed by atoms with Crippen LogP contribution in [0.25, 0.3) is 155 Å². The lowest BCUT2D eigenvalue weighted by Gasteiger charge is -2.19. The minimum Gasteiger partial charge on any atom is -0.309 e. The monoisotopic (exact) mass is 1100 g/mol. The standard InChI is InChI=1S/C77H45N9/c78-46-48-38-40-49(41-39-48)54-31-19-37-66(86-64-35-17-13-30-60(64)71-68(86)45-43-58-56-28-11-15-33-62(56)84(74(58)71)53-25-8-3-9-26-53)72(54)77-81-75(50-20-4-1-5-21-50)80-76(82-77)69-51(47-79)22-18-36-65(69)85-63-34-16-12-29-59(63)70-67(85)44-42-57-55-27-10-14-32-61(55)83(73(57)70)52-23-6-2-7-24-52/h1-45H. The molecular formula is C77H45N9. The van der Waals surface area contributed by atoms with Crippen molar-refractivity contribution in [3.05, 3.63) is 284 Å². The first-order valence-electron chi connectivity index (χ1n) is 28.6. The molecule has 0 radical (unpaired) electrons. The highest BCUT2D eigenvalue weighted by Crippen LogP contribution is 2.47. The van der Waals surface area contributed by atoms with Crippen LogP contribution in [0.2, 0.25) is 0 Å². The number of rotatable bonds is 8. The molecule has 0 saturated heterocycles. The van der Waals surface area contributed by atoms with E-state index in [9.17, 15) is 10.5 Å². The zero-order valence-electron chi connectivity index (χ0n) is 46.0. The average Bonchev–Trinajstić information content (AvgIpc) is 1.65. The van der Waals surface area contributed by atoms with E-state index in [2.05, 4.69) is 237 Å². The zero-order chi connectivity index (χ0) is 57.0. The third-order valence-corrected chi connectivity index (χ3v) is 17.1. The van der Waals surface area contributed by atoms with Crippen LogP contribution < -0.4 is 0 Å². The van der Waals surface area contributed by atoms with Crippen molar-refractivity contribution in [1.29, 1.82) is 10.5 Å². The number of hydrogen-bond donors (Lipinski definition) is 0. The van der Waals surface area contributed by atoms with Crippen molar-refractivity contribution in [2.45, 2.75) is 0 Å². The summed E-state index contributed by atoms with van der Waals surface area (Å²) in [6, 6.07) is 99.4. The third-order valence-electron chi connectivity index (χ3n) is 17.1. The van der Waals surface area contributed by atoms with Crippen LogP contribution in [-0.4, -0.2) is 33.2 Å². The minimum atomic E-state index is 0.336. The Bertz CT molecular complexity index is 5720. The summed E-state index contributed by atoms with van der Waals surface area (Å²) in [6.45, 7) is 0. The molecule has 0 saturated carbocycles. The summed E-state index contributed by atoms with van der Waals surface area (Å²) in [6.07, 6.45) is 0. The normalized spacial score (nSPS) is 11.7. The first-order valence-corrected chi connectivity index (χ1v) is 28.6. The molecule has 17 rings (SSSR count). The number of hydrogen-bond acceptors (Lipinski definition) is 5. The second kappa shape index (κ2) is 19.2. The molecule has 0 atom stereocenters. The maximum atomic E-state index is 11.4. The van der Waals surface area contributed by atoms with Gasteiger partial charge in [-0.1, -0.05) is 182 Å². The molecule has 17 aromatic rings. The number of nitrogens with zero attached hydrogens (tertiary/aromatic N) is 9. The minimum absolute atomic E-state index is 0.336. The summed E-state index contributed by atoms with van der Waals surface area (Å²) in [4.78, 5) is 16.7. The van der Waals surface area contributed by atoms with Gasteiger partial charge in [-0.3, -0.25) is 0 Å². The lowest BCUT2D eigenvalue weighted by Crippen LogP contribution is -2.07. The summed E-state index contributed by atoms with van der Waals surface area (Å²) >= 11 is 0. The fourth-order valence-electron chi connectivity index (χ4n) is 13.5. The lowest BCUT2D eigenvalue weighted by atomic mass is 9.96. The molecule has 0 aliphatic carbocycles. The van der Waals surface area contributed by atoms with Crippen LogP contribution in [0.4, 0.5) is 0 Å². The smallest absolute Gasteiger partial charge is 0.167 e. The van der Waals surface area contributed by atoms with Crippen LogP contribution in [0.3, 0.4) is 0 Å². The van der Waals surface area contributed by atoms with Crippen molar-refractivity contribution >= 4 is 87.2 Å². The number of fused-ring (bicyclic) bond motifs is 14. The van der Waals surface area contributed by atoms with Gasteiger partial charge in [-0.15, -0.1) is 0 Å². The second-order valence-electron chi connectivity index (χ2n) is 21.7. The van der Waals surface area contributed by atoms with Crippen LogP contribution in [0, 0.1) is 22.7 Å². The van der Waals surface area contributed by atoms with E-state index in [0.29, 0.717) is 34.2 Å². The molecule has 0 N–H and O–H groups in total. The fourth-order valence-corrected chi connectivity index (χ4v) is 13.5. The van der Waals surface area contributed by atoms with Gasteiger partial charge in [0, 0.05) is 60.0 Å². The van der Waals surface area contributed by atoms with Crippen molar-refractivity contribution in [3.63, 3.8) is 0 Å². The van der Waals surface area contributed by atoms with Gasteiger partial charge in [0.25, 0.3) is 0 Å². The Kier molecular flexibility index (Phi) is 10.8. The van der Waals surface area contributed by atoms with E-state index in [4.69, 9.17) is 15.0 Å². The van der Waals surface area contributed by atoms with E-state index in [-0.39, 0.29) is 0 Å². The maximum absolute atomic E-state index is 11.4. The highest BCUT2D eigenvalue weighted by Gasteiger charge is 2.28. The molecule has 12 aromatic carbocycles. The molecule has 5 heterocycles. The molecule has 0 spiro atoms. The SMILES string of the molecule is N#Cc1ccc(-c2cccc(-n3c4ccccc4c4c3ccc3c5ccccc5n(-c5ccccc5)c34)c2-c2nc(-c3ccccc3)nc(-c3c(C#N)cccc3-n3c4ccccc4c4c3ccc3c5ccccc5n(-c5ccccc5)c34)n2)cc1.